The zero-order valence-electron chi connectivity index (χ0n) is 17.2. The van der Waals surface area contributed by atoms with E-state index in [2.05, 4.69) is 5.32 Å². The van der Waals surface area contributed by atoms with Crippen LogP contribution in [-0.2, 0) is 11.3 Å². The zero-order valence-corrected chi connectivity index (χ0v) is 17.2. The van der Waals surface area contributed by atoms with Crippen LogP contribution in [0.4, 0.5) is 11.4 Å². The summed E-state index contributed by atoms with van der Waals surface area (Å²) in [5.41, 5.74) is 3.42. The topological polar surface area (TPSA) is 67.9 Å². The average molecular weight is 404 g/mol. The Balaban J connectivity index is 1.79. The molecule has 30 heavy (non-hydrogen) atoms. The maximum Gasteiger partial charge on any atom is 0.341 e. The number of rotatable bonds is 7. The quantitative estimate of drug-likeness (QED) is 0.599. The molecule has 0 aliphatic heterocycles. The number of amides is 1. The molecular weight excluding hydrogens is 380 g/mol. The molecule has 6 nitrogen and oxygen atoms in total. The van der Waals surface area contributed by atoms with Gasteiger partial charge in [0.25, 0.3) is 5.91 Å². The van der Waals surface area contributed by atoms with E-state index in [4.69, 9.17) is 9.47 Å². The van der Waals surface area contributed by atoms with E-state index < -0.39 is 5.97 Å². The Morgan fingerprint density at radius 3 is 2.30 bits per heavy atom. The lowest BCUT2D eigenvalue weighted by molar-refractivity contribution is 0.0597. The van der Waals surface area contributed by atoms with Gasteiger partial charge >= 0.3 is 5.97 Å². The van der Waals surface area contributed by atoms with E-state index in [1.54, 1.807) is 24.3 Å². The summed E-state index contributed by atoms with van der Waals surface area (Å²) in [6.45, 7) is 0.260. The third-order valence-corrected chi connectivity index (χ3v) is 4.78. The van der Waals surface area contributed by atoms with Crippen LogP contribution in [0.2, 0.25) is 0 Å². The number of hydrogen-bond donors (Lipinski definition) is 1. The van der Waals surface area contributed by atoms with Gasteiger partial charge in [-0.1, -0.05) is 36.4 Å². The number of carbonyl (C=O) groups excluding carboxylic acids is 2. The van der Waals surface area contributed by atoms with Crippen molar-refractivity contribution in [2.45, 2.75) is 6.54 Å². The molecule has 0 radical (unpaired) electrons. The molecule has 1 N–H and O–H groups in total. The second-order valence-corrected chi connectivity index (χ2v) is 6.62. The van der Waals surface area contributed by atoms with Crippen LogP contribution in [0.25, 0.3) is 0 Å². The first-order valence-corrected chi connectivity index (χ1v) is 9.46. The first kappa shape index (κ1) is 20.9. The molecular formula is C24H24N2O4. The maximum absolute atomic E-state index is 12.9. The Morgan fingerprint density at radius 1 is 0.900 bits per heavy atom. The molecule has 0 heterocycles. The monoisotopic (exact) mass is 404 g/mol. The van der Waals surface area contributed by atoms with Gasteiger partial charge in [-0.05, 0) is 42.0 Å². The van der Waals surface area contributed by atoms with Gasteiger partial charge in [-0.3, -0.25) is 4.79 Å². The lowest BCUT2D eigenvalue weighted by Gasteiger charge is -2.22. The average Bonchev–Trinajstić information content (AvgIpc) is 2.81. The minimum absolute atomic E-state index is 0.205. The van der Waals surface area contributed by atoms with Crippen molar-refractivity contribution in [3.63, 3.8) is 0 Å². The van der Waals surface area contributed by atoms with Crippen molar-refractivity contribution in [2.75, 3.05) is 26.2 Å². The molecule has 3 aromatic rings. The van der Waals surface area contributed by atoms with Gasteiger partial charge in [0.1, 0.15) is 11.3 Å². The van der Waals surface area contributed by atoms with Crippen LogP contribution in [0.5, 0.6) is 5.75 Å². The molecule has 6 heteroatoms. The molecule has 3 aromatic carbocycles. The van der Waals surface area contributed by atoms with Crippen molar-refractivity contribution in [2.24, 2.45) is 0 Å². The number of ether oxygens (including phenoxy) is 2. The third kappa shape index (κ3) is 4.60. The normalized spacial score (nSPS) is 10.2. The summed E-state index contributed by atoms with van der Waals surface area (Å²) >= 11 is 0. The van der Waals surface area contributed by atoms with E-state index in [1.165, 1.54) is 14.2 Å². The Labute approximate surface area is 176 Å². The van der Waals surface area contributed by atoms with Crippen LogP contribution in [0.1, 0.15) is 26.3 Å². The minimum atomic E-state index is -0.491. The fourth-order valence-corrected chi connectivity index (χ4v) is 3.16. The second kappa shape index (κ2) is 9.60. The molecule has 0 aliphatic rings. The van der Waals surface area contributed by atoms with E-state index >= 15 is 0 Å². The van der Waals surface area contributed by atoms with Crippen LogP contribution >= 0.6 is 0 Å². The van der Waals surface area contributed by atoms with E-state index in [0.717, 1.165) is 16.9 Å². The first-order valence-electron chi connectivity index (χ1n) is 9.46. The van der Waals surface area contributed by atoms with Crippen LogP contribution in [0, 0.1) is 0 Å². The molecule has 154 valence electrons. The number of hydrogen-bond acceptors (Lipinski definition) is 5. The standard InChI is InChI=1S/C24H24N2O4/c1-26(18-9-5-4-6-10-18)21-12-8-7-11-19(21)23(27)25-16-17-13-14-22(29-2)20(15-17)24(28)30-3/h4-15H,16H2,1-3H3,(H,25,27). The number of nitrogens with one attached hydrogen (secondary N) is 1. The molecule has 1 amide bonds. The highest BCUT2D eigenvalue weighted by Gasteiger charge is 2.16. The molecule has 3 rings (SSSR count). The molecule has 0 unspecified atom stereocenters. The molecule has 0 fully saturated rings. The molecule has 0 saturated carbocycles. The predicted molar refractivity (Wildman–Crippen MR) is 116 cm³/mol. The van der Waals surface area contributed by atoms with Crippen molar-refractivity contribution < 1.29 is 19.1 Å². The molecule has 0 atom stereocenters. The van der Waals surface area contributed by atoms with Crippen LogP contribution in [-0.4, -0.2) is 33.1 Å². The van der Waals surface area contributed by atoms with Gasteiger partial charge in [-0.15, -0.1) is 0 Å². The minimum Gasteiger partial charge on any atom is -0.496 e. The summed E-state index contributed by atoms with van der Waals surface area (Å²) in [6, 6.07) is 22.4. The number of benzene rings is 3. The third-order valence-electron chi connectivity index (χ3n) is 4.78. The highest BCUT2D eigenvalue weighted by Crippen LogP contribution is 2.27. The van der Waals surface area contributed by atoms with Gasteiger partial charge in [-0.2, -0.15) is 0 Å². The zero-order chi connectivity index (χ0) is 21.5. The van der Waals surface area contributed by atoms with Crippen molar-refractivity contribution >= 4 is 23.3 Å². The highest BCUT2D eigenvalue weighted by molar-refractivity contribution is 6.00. The molecule has 0 aromatic heterocycles. The SMILES string of the molecule is COC(=O)c1cc(CNC(=O)c2ccccc2N(C)c2ccccc2)ccc1OC. The lowest BCUT2D eigenvalue weighted by Crippen LogP contribution is -2.25. The number of methoxy groups -OCH3 is 2. The number of nitrogens with zero attached hydrogens (tertiary/aromatic N) is 1. The van der Waals surface area contributed by atoms with Crippen LogP contribution < -0.4 is 15.0 Å². The van der Waals surface area contributed by atoms with Crippen LogP contribution in [0.3, 0.4) is 0 Å². The Hall–Kier alpha value is -3.80. The van der Waals surface area contributed by atoms with Crippen molar-refractivity contribution in [1.82, 2.24) is 5.32 Å². The molecule has 0 spiro atoms. The summed E-state index contributed by atoms with van der Waals surface area (Å²) in [7, 11) is 4.73. The number of para-hydroxylation sites is 2. The van der Waals surface area contributed by atoms with E-state index in [9.17, 15) is 9.59 Å². The molecule has 0 bridgehead atoms. The van der Waals surface area contributed by atoms with Gasteiger partial charge in [0.2, 0.25) is 0 Å². The van der Waals surface area contributed by atoms with Crippen LogP contribution in [0.15, 0.2) is 72.8 Å². The van der Waals surface area contributed by atoms with Gasteiger partial charge < -0.3 is 19.7 Å². The van der Waals surface area contributed by atoms with Crippen molar-refractivity contribution in [3.05, 3.63) is 89.5 Å². The molecule has 0 aliphatic carbocycles. The Kier molecular flexibility index (Phi) is 6.70. The smallest absolute Gasteiger partial charge is 0.341 e. The summed E-state index contributed by atoms with van der Waals surface area (Å²) < 4.78 is 10.0. The molecule has 0 saturated heterocycles. The van der Waals surface area contributed by atoms with E-state index in [0.29, 0.717) is 16.9 Å². The summed E-state index contributed by atoms with van der Waals surface area (Å²) in [6.07, 6.45) is 0. The second-order valence-electron chi connectivity index (χ2n) is 6.62. The first-order chi connectivity index (χ1) is 14.5. The number of esters is 1. The van der Waals surface area contributed by atoms with Crippen molar-refractivity contribution in [1.29, 1.82) is 0 Å². The van der Waals surface area contributed by atoms with E-state index in [1.807, 2.05) is 60.5 Å². The fraction of sp³-hybridized carbons (Fsp3) is 0.167. The largest absolute Gasteiger partial charge is 0.496 e. The van der Waals surface area contributed by atoms with Gasteiger partial charge in [0, 0.05) is 19.3 Å². The highest BCUT2D eigenvalue weighted by atomic mass is 16.5. The summed E-state index contributed by atoms with van der Waals surface area (Å²) in [5.74, 6) is -0.273. The Bertz CT molecular complexity index is 1030. The van der Waals surface area contributed by atoms with Crippen molar-refractivity contribution in [3.8, 4) is 5.75 Å². The number of carbonyl (C=O) groups is 2. The van der Waals surface area contributed by atoms with Gasteiger partial charge in [-0.25, -0.2) is 4.79 Å². The van der Waals surface area contributed by atoms with Gasteiger partial charge in [0.15, 0.2) is 0 Å². The summed E-state index contributed by atoms with van der Waals surface area (Å²) in [4.78, 5) is 26.9. The predicted octanol–water partition coefficient (Wildman–Crippen LogP) is 4.18. The Morgan fingerprint density at radius 2 is 1.60 bits per heavy atom. The fourth-order valence-electron chi connectivity index (χ4n) is 3.16. The lowest BCUT2D eigenvalue weighted by atomic mass is 10.1. The number of anilines is 2. The van der Waals surface area contributed by atoms with Gasteiger partial charge in [0.05, 0.1) is 25.5 Å². The maximum atomic E-state index is 12.9. The van der Waals surface area contributed by atoms with E-state index in [-0.39, 0.29) is 12.5 Å². The summed E-state index contributed by atoms with van der Waals surface area (Å²) in [5, 5.41) is 2.93.